The second kappa shape index (κ2) is 7.06. The normalized spacial score (nSPS) is 19.0. The lowest BCUT2D eigenvalue weighted by Crippen LogP contribution is -2.32. The van der Waals surface area contributed by atoms with Crippen LogP contribution in [0.4, 0.5) is 0 Å². The van der Waals surface area contributed by atoms with Crippen LogP contribution in [-0.4, -0.2) is 17.1 Å². The van der Waals surface area contributed by atoms with Crippen LogP contribution in [0.5, 0.6) is 0 Å². The number of carboxylic acids is 1. The average molecular weight is 281 g/mol. The molecule has 1 atom stereocenters. The second-order valence-electron chi connectivity index (χ2n) is 5.53. The number of carbonyl (C=O) groups is 1. The second-order valence-corrected chi connectivity index (χ2v) is 6.52. The Balaban J connectivity index is 1.81. The van der Waals surface area contributed by atoms with Crippen molar-refractivity contribution in [3.63, 3.8) is 0 Å². The van der Waals surface area contributed by atoms with Crippen molar-refractivity contribution in [3.05, 3.63) is 21.9 Å². The van der Waals surface area contributed by atoms with E-state index in [2.05, 4.69) is 12.2 Å². The van der Waals surface area contributed by atoms with Crippen LogP contribution in [0, 0.1) is 5.92 Å². The summed E-state index contributed by atoms with van der Waals surface area (Å²) in [7, 11) is 0. The molecule has 19 heavy (non-hydrogen) atoms. The molecule has 1 aliphatic rings. The number of hydrogen-bond acceptors (Lipinski definition) is 3. The number of hydrogen-bond donors (Lipinski definition) is 2. The van der Waals surface area contributed by atoms with Gasteiger partial charge in [0.05, 0.1) is 5.56 Å². The number of rotatable bonds is 5. The molecule has 0 spiro atoms. The number of carboxylic acid groups (broad SMARTS) is 1. The Bertz CT molecular complexity index is 408. The third-order valence-electron chi connectivity index (χ3n) is 4.11. The fraction of sp³-hybridized carbons (Fsp3) is 0.667. The highest BCUT2D eigenvalue weighted by Crippen LogP contribution is 2.25. The Labute approximate surface area is 119 Å². The first kappa shape index (κ1) is 14.5. The smallest absolute Gasteiger partial charge is 0.336 e. The molecule has 1 fully saturated rings. The van der Waals surface area contributed by atoms with Crippen molar-refractivity contribution in [2.45, 2.75) is 58.0 Å². The minimum absolute atomic E-state index is 0.406. The molecule has 2 rings (SSSR count). The molecule has 4 heteroatoms. The van der Waals surface area contributed by atoms with Gasteiger partial charge < -0.3 is 10.4 Å². The zero-order valence-corrected chi connectivity index (χ0v) is 12.3. The molecule has 0 aliphatic heterocycles. The predicted molar refractivity (Wildman–Crippen MR) is 78.8 cm³/mol. The Kier molecular flexibility index (Phi) is 5.40. The van der Waals surface area contributed by atoms with E-state index in [1.807, 2.05) is 0 Å². The van der Waals surface area contributed by atoms with Crippen molar-refractivity contribution < 1.29 is 9.90 Å². The lowest BCUT2D eigenvalue weighted by Gasteiger charge is -2.23. The maximum Gasteiger partial charge on any atom is 0.336 e. The number of thiophene rings is 1. The Morgan fingerprint density at radius 1 is 1.42 bits per heavy atom. The summed E-state index contributed by atoms with van der Waals surface area (Å²) < 4.78 is 0. The summed E-state index contributed by atoms with van der Waals surface area (Å²) in [4.78, 5) is 11.9. The van der Waals surface area contributed by atoms with Gasteiger partial charge in [-0.3, -0.25) is 0 Å². The third-order valence-corrected chi connectivity index (χ3v) is 5.04. The van der Waals surface area contributed by atoms with Gasteiger partial charge in [0.2, 0.25) is 0 Å². The van der Waals surface area contributed by atoms with E-state index < -0.39 is 5.97 Å². The first-order valence-corrected chi connectivity index (χ1v) is 8.09. The molecule has 1 aromatic heterocycles. The maximum absolute atomic E-state index is 10.8. The molecular formula is C15H23NO2S. The molecule has 1 aromatic rings. The van der Waals surface area contributed by atoms with Crippen molar-refractivity contribution in [2.75, 3.05) is 0 Å². The lowest BCUT2D eigenvalue weighted by atomic mass is 9.93. The van der Waals surface area contributed by atoms with E-state index in [1.165, 1.54) is 49.9 Å². The van der Waals surface area contributed by atoms with Crippen molar-refractivity contribution >= 4 is 17.3 Å². The molecule has 1 saturated carbocycles. The molecule has 0 bridgehead atoms. The predicted octanol–water partition coefficient (Wildman–Crippen LogP) is 3.89. The van der Waals surface area contributed by atoms with Crippen LogP contribution < -0.4 is 5.32 Å². The highest BCUT2D eigenvalue weighted by Gasteiger charge is 2.18. The van der Waals surface area contributed by atoms with Crippen molar-refractivity contribution in [2.24, 2.45) is 5.92 Å². The van der Waals surface area contributed by atoms with Gasteiger partial charge in [0.25, 0.3) is 0 Å². The van der Waals surface area contributed by atoms with Crippen LogP contribution in [0.1, 0.15) is 60.7 Å². The number of nitrogens with one attached hydrogen (secondary N) is 1. The van der Waals surface area contributed by atoms with E-state index in [0.29, 0.717) is 11.6 Å². The van der Waals surface area contributed by atoms with Crippen molar-refractivity contribution in [1.82, 2.24) is 5.32 Å². The zero-order chi connectivity index (χ0) is 13.7. The standard InChI is InChI=1S/C15H23NO2S/c1-11(12-6-4-2-3-5-7-12)16-9-14-8-13(10-19-14)15(17)18/h8,10-12,16H,2-7,9H2,1H3,(H,17,18)/t11-/m1/s1. The zero-order valence-electron chi connectivity index (χ0n) is 11.5. The van der Waals surface area contributed by atoms with Crippen LogP contribution in [0.15, 0.2) is 11.4 Å². The summed E-state index contributed by atoms with van der Waals surface area (Å²) in [6.45, 7) is 3.05. The fourth-order valence-electron chi connectivity index (χ4n) is 2.82. The first-order valence-electron chi connectivity index (χ1n) is 7.21. The van der Waals surface area contributed by atoms with E-state index in [-0.39, 0.29) is 0 Å². The molecule has 3 nitrogen and oxygen atoms in total. The van der Waals surface area contributed by atoms with Crippen molar-refractivity contribution in [3.8, 4) is 0 Å². The molecule has 0 radical (unpaired) electrons. The molecular weight excluding hydrogens is 258 g/mol. The summed E-state index contributed by atoms with van der Waals surface area (Å²) >= 11 is 1.53. The van der Waals surface area contributed by atoms with Crippen LogP contribution in [-0.2, 0) is 6.54 Å². The van der Waals surface area contributed by atoms with E-state index in [4.69, 9.17) is 5.11 Å². The van der Waals surface area contributed by atoms with Gasteiger partial charge >= 0.3 is 5.97 Å². The quantitative estimate of drug-likeness (QED) is 0.805. The van der Waals surface area contributed by atoms with E-state index in [9.17, 15) is 4.79 Å². The van der Waals surface area contributed by atoms with Gasteiger partial charge in [-0.2, -0.15) is 0 Å². The minimum atomic E-state index is -0.834. The Hall–Kier alpha value is -0.870. The van der Waals surface area contributed by atoms with Gasteiger partial charge in [0.1, 0.15) is 0 Å². The lowest BCUT2D eigenvalue weighted by molar-refractivity contribution is 0.0697. The van der Waals surface area contributed by atoms with Crippen molar-refractivity contribution in [1.29, 1.82) is 0 Å². The van der Waals surface area contributed by atoms with Crippen LogP contribution in [0.3, 0.4) is 0 Å². The van der Waals surface area contributed by atoms with E-state index in [1.54, 1.807) is 11.4 Å². The molecule has 0 unspecified atom stereocenters. The van der Waals surface area contributed by atoms with Gasteiger partial charge in [0, 0.05) is 22.8 Å². The van der Waals surface area contributed by atoms with E-state index in [0.717, 1.165) is 17.3 Å². The van der Waals surface area contributed by atoms with Gasteiger partial charge in [0.15, 0.2) is 0 Å². The van der Waals surface area contributed by atoms with Gasteiger partial charge in [-0.05, 0) is 31.7 Å². The SMILES string of the molecule is C[C@@H](NCc1cc(C(=O)O)cs1)C1CCCCCC1. The summed E-state index contributed by atoms with van der Waals surface area (Å²) in [6, 6.07) is 2.30. The largest absolute Gasteiger partial charge is 0.478 e. The Morgan fingerprint density at radius 3 is 2.68 bits per heavy atom. The van der Waals surface area contributed by atoms with Gasteiger partial charge in [-0.15, -0.1) is 11.3 Å². The third kappa shape index (κ3) is 4.32. The van der Waals surface area contributed by atoms with Crippen LogP contribution in [0.2, 0.25) is 0 Å². The van der Waals surface area contributed by atoms with Crippen LogP contribution in [0.25, 0.3) is 0 Å². The molecule has 0 aromatic carbocycles. The maximum atomic E-state index is 10.8. The molecule has 1 heterocycles. The first-order chi connectivity index (χ1) is 9.16. The monoisotopic (exact) mass is 281 g/mol. The summed E-state index contributed by atoms with van der Waals surface area (Å²) in [5.74, 6) is -0.0549. The molecule has 1 aliphatic carbocycles. The molecule has 106 valence electrons. The average Bonchev–Trinajstić information content (AvgIpc) is 2.70. The summed E-state index contributed by atoms with van der Waals surface area (Å²) in [5, 5.41) is 14.2. The highest BCUT2D eigenvalue weighted by molar-refractivity contribution is 7.10. The minimum Gasteiger partial charge on any atom is -0.478 e. The highest BCUT2D eigenvalue weighted by atomic mass is 32.1. The van der Waals surface area contributed by atoms with Crippen LogP contribution >= 0.6 is 11.3 Å². The van der Waals surface area contributed by atoms with E-state index >= 15 is 0 Å². The molecule has 0 amide bonds. The Morgan fingerprint density at radius 2 is 2.11 bits per heavy atom. The number of aromatic carboxylic acids is 1. The van der Waals surface area contributed by atoms with Gasteiger partial charge in [-0.25, -0.2) is 4.79 Å². The van der Waals surface area contributed by atoms with Gasteiger partial charge in [-0.1, -0.05) is 25.7 Å². The summed E-state index contributed by atoms with van der Waals surface area (Å²) in [5.41, 5.74) is 0.406. The topological polar surface area (TPSA) is 49.3 Å². The molecule has 2 N–H and O–H groups in total. The molecule has 0 saturated heterocycles. The fourth-order valence-corrected chi connectivity index (χ4v) is 3.63. The summed E-state index contributed by atoms with van der Waals surface area (Å²) in [6.07, 6.45) is 8.15.